The Labute approximate surface area is 108 Å². The standard InChI is InChI=1S/C14H19N3O/c1-2-9-17(14(18)7-8-15)11-13-5-3-12(10-16)4-6-13/h3-6H,2,7-9,11,15H2,1H3. The molecule has 0 aromatic heterocycles. The largest absolute Gasteiger partial charge is 0.338 e. The van der Waals surface area contributed by atoms with E-state index in [0.29, 0.717) is 25.1 Å². The maximum atomic E-state index is 11.9. The Morgan fingerprint density at radius 3 is 2.56 bits per heavy atom. The molecule has 96 valence electrons. The number of amides is 1. The Kier molecular flexibility index (Phi) is 5.89. The van der Waals surface area contributed by atoms with Gasteiger partial charge in [0, 0.05) is 26.1 Å². The number of carbonyl (C=O) groups excluding carboxylic acids is 1. The Morgan fingerprint density at radius 1 is 1.39 bits per heavy atom. The van der Waals surface area contributed by atoms with Crippen molar-refractivity contribution in [2.75, 3.05) is 13.1 Å². The van der Waals surface area contributed by atoms with Crippen LogP contribution in [0.15, 0.2) is 24.3 Å². The van der Waals surface area contributed by atoms with Gasteiger partial charge in [0.2, 0.25) is 5.91 Å². The Balaban J connectivity index is 2.70. The molecule has 0 unspecified atom stereocenters. The molecule has 1 aromatic rings. The third kappa shape index (κ3) is 4.19. The van der Waals surface area contributed by atoms with Crippen molar-refractivity contribution in [1.29, 1.82) is 5.26 Å². The molecular weight excluding hydrogens is 226 g/mol. The SMILES string of the molecule is CCCN(Cc1ccc(C#N)cc1)C(=O)CCN. The minimum atomic E-state index is 0.0868. The van der Waals surface area contributed by atoms with Crippen LogP contribution in [0.2, 0.25) is 0 Å². The maximum absolute atomic E-state index is 11.9. The Morgan fingerprint density at radius 2 is 2.06 bits per heavy atom. The van der Waals surface area contributed by atoms with Gasteiger partial charge in [-0.15, -0.1) is 0 Å². The van der Waals surface area contributed by atoms with Crippen LogP contribution in [0.4, 0.5) is 0 Å². The third-order valence-corrected chi connectivity index (χ3v) is 2.66. The summed E-state index contributed by atoms with van der Waals surface area (Å²) in [5.41, 5.74) is 7.08. The smallest absolute Gasteiger partial charge is 0.224 e. The summed E-state index contributed by atoms with van der Waals surface area (Å²) < 4.78 is 0. The highest BCUT2D eigenvalue weighted by Gasteiger charge is 2.11. The zero-order valence-electron chi connectivity index (χ0n) is 10.7. The molecule has 0 radical (unpaired) electrons. The second-order valence-electron chi connectivity index (χ2n) is 4.16. The molecule has 0 aliphatic heterocycles. The fourth-order valence-corrected chi connectivity index (χ4v) is 1.75. The van der Waals surface area contributed by atoms with E-state index in [9.17, 15) is 4.79 Å². The average molecular weight is 245 g/mol. The molecule has 1 amide bonds. The Bertz CT molecular complexity index is 420. The fraction of sp³-hybridized carbons (Fsp3) is 0.429. The minimum absolute atomic E-state index is 0.0868. The molecule has 0 saturated heterocycles. The van der Waals surface area contributed by atoms with Crippen LogP contribution in [0.5, 0.6) is 0 Å². The van der Waals surface area contributed by atoms with Gasteiger partial charge in [-0.3, -0.25) is 4.79 Å². The van der Waals surface area contributed by atoms with Crippen LogP contribution in [-0.4, -0.2) is 23.9 Å². The van der Waals surface area contributed by atoms with Crippen molar-refractivity contribution in [2.45, 2.75) is 26.3 Å². The van der Waals surface area contributed by atoms with Crippen molar-refractivity contribution in [2.24, 2.45) is 5.73 Å². The summed E-state index contributed by atoms with van der Waals surface area (Å²) >= 11 is 0. The lowest BCUT2D eigenvalue weighted by Crippen LogP contribution is -2.32. The van der Waals surface area contributed by atoms with E-state index in [0.717, 1.165) is 18.5 Å². The monoisotopic (exact) mass is 245 g/mol. The second kappa shape index (κ2) is 7.46. The molecule has 2 N–H and O–H groups in total. The number of benzene rings is 1. The molecular formula is C14H19N3O. The number of nitriles is 1. The first kappa shape index (κ1) is 14.2. The van der Waals surface area contributed by atoms with Crippen molar-refractivity contribution < 1.29 is 4.79 Å². The molecule has 4 nitrogen and oxygen atoms in total. The van der Waals surface area contributed by atoms with Gasteiger partial charge in [0.1, 0.15) is 0 Å². The predicted octanol–water partition coefficient (Wildman–Crippen LogP) is 1.65. The number of hydrogen-bond acceptors (Lipinski definition) is 3. The normalized spacial score (nSPS) is 9.83. The molecule has 0 saturated carbocycles. The summed E-state index contributed by atoms with van der Waals surface area (Å²) in [7, 11) is 0. The van der Waals surface area contributed by atoms with Crippen LogP contribution in [0, 0.1) is 11.3 Å². The van der Waals surface area contributed by atoms with Gasteiger partial charge in [-0.25, -0.2) is 0 Å². The molecule has 0 spiro atoms. The summed E-state index contributed by atoms with van der Waals surface area (Å²) in [6, 6.07) is 9.39. The number of nitrogens with zero attached hydrogens (tertiary/aromatic N) is 2. The molecule has 0 aliphatic carbocycles. The van der Waals surface area contributed by atoms with E-state index in [4.69, 9.17) is 11.0 Å². The maximum Gasteiger partial charge on any atom is 0.224 e. The quantitative estimate of drug-likeness (QED) is 0.828. The second-order valence-corrected chi connectivity index (χ2v) is 4.16. The van der Waals surface area contributed by atoms with E-state index in [-0.39, 0.29) is 5.91 Å². The van der Waals surface area contributed by atoms with Gasteiger partial charge in [0.25, 0.3) is 0 Å². The van der Waals surface area contributed by atoms with Gasteiger partial charge in [-0.05, 0) is 24.1 Å². The lowest BCUT2D eigenvalue weighted by atomic mass is 10.1. The highest BCUT2D eigenvalue weighted by Crippen LogP contribution is 2.08. The molecule has 0 atom stereocenters. The summed E-state index contributed by atoms with van der Waals surface area (Å²) in [5, 5.41) is 8.72. The molecule has 18 heavy (non-hydrogen) atoms. The van der Waals surface area contributed by atoms with E-state index in [1.54, 1.807) is 12.1 Å². The molecule has 0 fully saturated rings. The zero-order valence-corrected chi connectivity index (χ0v) is 10.7. The van der Waals surface area contributed by atoms with Crippen LogP contribution in [0.25, 0.3) is 0 Å². The number of rotatable bonds is 6. The summed E-state index contributed by atoms with van der Waals surface area (Å²) in [4.78, 5) is 13.7. The number of carbonyl (C=O) groups is 1. The van der Waals surface area contributed by atoms with Gasteiger partial charge < -0.3 is 10.6 Å². The third-order valence-electron chi connectivity index (χ3n) is 2.66. The van der Waals surface area contributed by atoms with Crippen molar-refractivity contribution in [3.05, 3.63) is 35.4 Å². The lowest BCUT2D eigenvalue weighted by molar-refractivity contribution is -0.131. The van der Waals surface area contributed by atoms with Gasteiger partial charge in [-0.2, -0.15) is 5.26 Å². The minimum Gasteiger partial charge on any atom is -0.338 e. The molecule has 0 bridgehead atoms. The highest BCUT2D eigenvalue weighted by atomic mass is 16.2. The molecule has 4 heteroatoms. The zero-order chi connectivity index (χ0) is 13.4. The number of nitrogens with two attached hydrogens (primary N) is 1. The Hall–Kier alpha value is -1.86. The predicted molar refractivity (Wildman–Crippen MR) is 70.5 cm³/mol. The lowest BCUT2D eigenvalue weighted by Gasteiger charge is -2.22. The van der Waals surface area contributed by atoms with Gasteiger partial charge in [0.05, 0.1) is 11.6 Å². The fourth-order valence-electron chi connectivity index (χ4n) is 1.75. The van der Waals surface area contributed by atoms with Crippen molar-refractivity contribution >= 4 is 5.91 Å². The van der Waals surface area contributed by atoms with Crippen molar-refractivity contribution in [3.63, 3.8) is 0 Å². The van der Waals surface area contributed by atoms with Crippen LogP contribution in [0.1, 0.15) is 30.9 Å². The van der Waals surface area contributed by atoms with Crippen LogP contribution in [0.3, 0.4) is 0 Å². The van der Waals surface area contributed by atoms with Crippen molar-refractivity contribution in [3.8, 4) is 6.07 Å². The first-order chi connectivity index (χ1) is 8.71. The topological polar surface area (TPSA) is 70.1 Å². The number of hydrogen-bond donors (Lipinski definition) is 1. The van der Waals surface area contributed by atoms with Gasteiger partial charge in [-0.1, -0.05) is 19.1 Å². The first-order valence-corrected chi connectivity index (χ1v) is 6.18. The molecule has 0 heterocycles. The summed E-state index contributed by atoms with van der Waals surface area (Å²) in [5.74, 6) is 0.0868. The van der Waals surface area contributed by atoms with Crippen LogP contribution in [-0.2, 0) is 11.3 Å². The molecule has 0 aliphatic rings. The van der Waals surface area contributed by atoms with E-state index in [1.165, 1.54) is 0 Å². The first-order valence-electron chi connectivity index (χ1n) is 6.18. The van der Waals surface area contributed by atoms with Gasteiger partial charge >= 0.3 is 0 Å². The van der Waals surface area contributed by atoms with Gasteiger partial charge in [0.15, 0.2) is 0 Å². The highest BCUT2D eigenvalue weighted by molar-refractivity contribution is 5.76. The molecule has 1 rings (SSSR count). The van der Waals surface area contributed by atoms with E-state index >= 15 is 0 Å². The van der Waals surface area contributed by atoms with E-state index in [2.05, 4.69) is 6.07 Å². The average Bonchev–Trinajstić information content (AvgIpc) is 2.39. The molecule has 1 aromatic carbocycles. The van der Waals surface area contributed by atoms with E-state index < -0.39 is 0 Å². The van der Waals surface area contributed by atoms with Crippen LogP contribution < -0.4 is 5.73 Å². The van der Waals surface area contributed by atoms with Crippen LogP contribution >= 0.6 is 0 Å². The van der Waals surface area contributed by atoms with Crippen molar-refractivity contribution in [1.82, 2.24) is 4.90 Å². The summed E-state index contributed by atoms with van der Waals surface area (Å²) in [6.07, 6.45) is 1.31. The summed E-state index contributed by atoms with van der Waals surface area (Å²) in [6.45, 7) is 3.74. The van der Waals surface area contributed by atoms with E-state index in [1.807, 2.05) is 24.0 Å².